The van der Waals surface area contributed by atoms with E-state index >= 15 is 0 Å². The maximum Gasteiger partial charge on any atom is 0.106 e. The van der Waals surface area contributed by atoms with E-state index in [4.69, 9.17) is 14.9 Å². The Balaban J connectivity index is 2.41. The van der Waals surface area contributed by atoms with Crippen LogP contribution in [-0.2, 0) is 4.74 Å². The van der Waals surface area contributed by atoms with Crippen LogP contribution in [-0.4, -0.2) is 35.1 Å². The zero-order valence-electron chi connectivity index (χ0n) is 5.45. The van der Waals surface area contributed by atoms with Gasteiger partial charge in [0.1, 0.15) is 6.10 Å². The lowest BCUT2D eigenvalue weighted by Gasteiger charge is -2.29. The molecule has 0 aromatic carbocycles. The molecule has 0 amide bonds. The number of aliphatic hydroxyl groups is 2. The molecule has 2 unspecified atom stereocenters. The third-order valence-corrected chi connectivity index (χ3v) is 1.67. The lowest BCUT2D eigenvalue weighted by Crippen LogP contribution is -2.42. The van der Waals surface area contributed by atoms with Crippen molar-refractivity contribution in [3.05, 3.63) is 0 Å². The molecule has 3 atom stereocenters. The van der Waals surface area contributed by atoms with Gasteiger partial charge >= 0.3 is 0 Å². The molecule has 0 radical (unpaired) electrons. The highest BCUT2D eigenvalue weighted by Gasteiger charge is 2.27. The van der Waals surface area contributed by atoms with Crippen molar-refractivity contribution in [3.8, 4) is 0 Å². The molecule has 0 aromatic heterocycles. The molecule has 54 valence electrons. The molecular formula is C6H12O3. The molecule has 1 heterocycles. The average Bonchev–Trinajstić information content (AvgIpc) is 1.83. The Morgan fingerprint density at radius 1 is 1.44 bits per heavy atom. The first-order chi connectivity index (χ1) is 4.22. The zero-order valence-corrected chi connectivity index (χ0v) is 5.45. The molecule has 0 aromatic rings. The normalized spacial score (nSPS) is 45.0. The second kappa shape index (κ2) is 2.64. The zero-order chi connectivity index (χ0) is 6.85. The third kappa shape index (κ3) is 1.41. The predicted octanol–water partition coefficient (Wildman–Crippen LogP) is -0.483. The lowest BCUT2D eigenvalue weighted by atomic mass is 10.0. The van der Waals surface area contributed by atoms with Gasteiger partial charge in [-0.05, 0) is 13.3 Å². The van der Waals surface area contributed by atoms with Crippen LogP contribution in [0.25, 0.3) is 0 Å². The van der Waals surface area contributed by atoms with Gasteiger partial charge in [-0.15, -0.1) is 0 Å². The summed E-state index contributed by atoms with van der Waals surface area (Å²) in [6, 6.07) is 0. The van der Waals surface area contributed by atoms with E-state index in [0.717, 1.165) is 0 Å². The Morgan fingerprint density at radius 2 is 2.11 bits per heavy atom. The number of hydrogen-bond acceptors (Lipinski definition) is 3. The minimum atomic E-state index is -0.696. The van der Waals surface area contributed by atoms with E-state index < -0.39 is 12.2 Å². The van der Waals surface area contributed by atoms with E-state index in [-0.39, 0.29) is 6.10 Å². The van der Waals surface area contributed by atoms with Crippen LogP contribution in [0.2, 0.25) is 0 Å². The molecule has 3 nitrogen and oxygen atoms in total. The summed E-state index contributed by atoms with van der Waals surface area (Å²) >= 11 is 0. The van der Waals surface area contributed by atoms with E-state index in [9.17, 15) is 0 Å². The second-order valence-corrected chi connectivity index (χ2v) is 2.42. The number of aliphatic hydroxyl groups excluding tert-OH is 2. The highest BCUT2D eigenvalue weighted by molar-refractivity contribution is 4.77. The van der Waals surface area contributed by atoms with Gasteiger partial charge in [-0.2, -0.15) is 0 Å². The van der Waals surface area contributed by atoms with Crippen molar-refractivity contribution in [2.24, 2.45) is 0 Å². The fourth-order valence-corrected chi connectivity index (χ4v) is 0.957. The van der Waals surface area contributed by atoms with Crippen LogP contribution in [0.15, 0.2) is 0 Å². The molecule has 1 aliphatic rings. The van der Waals surface area contributed by atoms with Crippen molar-refractivity contribution in [3.63, 3.8) is 0 Å². The Bertz CT molecular complexity index is 84.3. The maximum absolute atomic E-state index is 9.07. The van der Waals surface area contributed by atoms with Crippen LogP contribution in [0.5, 0.6) is 0 Å². The fourth-order valence-electron chi connectivity index (χ4n) is 0.957. The summed E-state index contributed by atoms with van der Waals surface area (Å²) in [5.74, 6) is 0. The van der Waals surface area contributed by atoms with Gasteiger partial charge in [-0.3, -0.25) is 0 Å². The van der Waals surface area contributed by atoms with E-state index in [2.05, 4.69) is 0 Å². The first-order valence-corrected chi connectivity index (χ1v) is 3.19. The summed E-state index contributed by atoms with van der Waals surface area (Å²) in [6.07, 6.45) is -0.952. The van der Waals surface area contributed by atoms with E-state index in [1.54, 1.807) is 6.92 Å². The van der Waals surface area contributed by atoms with Gasteiger partial charge in [0, 0.05) is 6.61 Å². The topological polar surface area (TPSA) is 49.7 Å². The molecule has 3 heteroatoms. The Labute approximate surface area is 54.3 Å². The molecule has 0 saturated carbocycles. The van der Waals surface area contributed by atoms with E-state index in [1.165, 1.54) is 0 Å². The summed E-state index contributed by atoms with van der Waals surface area (Å²) in [5.41, 5.74) is 0. The Hall–Kier alpha value is -0.120. The van der Waals surface area contributed by atoms with Crippen LogP contribution in [0.1, 0.15) is 13.3 Å². The standard InChI is InChI=1S/C6H12O3/c1-4-6(8)5(7)2-3-9-4/h4-8H,2-3H2,1H3/t4?,5?,6-/m1/s1. The van der Waals surface area contributed by atoms with Crippen LogP contribution in [0, 0.1) is 0 Å². The maximum atomic E-state index is 9.07. The first kappa shape index (κ1) is 6.99. The highest BCUT2D eigenvalue weighted by Crippen LogP contribution is 2.13. The summed E-state index contributed by atoms with van der Waals surface area (Å²) < 4.78 is 5.05. The molecule has 0 bridgehead atoms. The molecule has 1 saturated heterocycles. The lowest BCUT2D eigenvalue weighted by molar-refractivity contribution is -0.127. The summed E-state index contributed by atoms with van der Waals surface area (Å²) in [5, 5.41) is 18.1. The van der Waals surface area contributed by atoms with Gasteiger partial charge in [0.25, 0.3) is 0 Å². The quantitative estimate of drug-likeness (QED) is 0.468. The average molecular weight is 132 g/mol. The first-order valence-electron chi connectivity index (χ1n) is 3.19. The molecule has 0 aliphatic carbocycles. The third-order valence-electron chi connectivity index (χ3n) is 1.67. The molecule has 2 N–H and O–H groups in total. The van der Waals surface area contributed by atoms with Gasteiger partial charge < -0.3 is 14.9 Å². The van der Waals surface area contributed by atoms with Gasteiger partial charge in [0.05, 0.1) is 12.2 Å². The predicted molar refractivity (Wildman–Crippen MR) is 32.0 cm³/mol. The molecule has 1 rings (SSSR count). The second-order valence-electron chi connectivity index (χ2n) is 2.42. The van der Waals surface area contributed by atoms with Crippen molar-refractivity contribution in [1.29, 1.82) is 0 Å². The number of ether oxygens (including phenoxy) is 1. The Kier molecular flexibility index (Phi) is 2.05. The van der Waals surface area contributed by atoms with E-state index in [1.807, 2.05) is 0 Å². The number of hydrogen-bond donors (Lipinski definition) is 2. The van der Waals surface area contributed by atoms with Crippen LogP contribution in [0.3, 0.4) is 0 Å². The van der Waals surface area contributed by atoms with Crippen molar-refractivity contribution in [2.45, 2.75) is 31.7 Å². The van der Waals surface area contributed by atoms with Crippen LogP contribution in [0.4, 0.5) is 0 Å². The van der Waals surface area contributed by atoms with Gasteiger partial charge in [-0.25, -0.2) is 0 Å². The van der Waals surface area contributed by atoms with Crippen LogP contribution >= 0.6 is 0 Å². The van der Waals surface area contributed by atoms with Crippen molar-refractivity contribution in [2.75, 3.05) is 6.61 Å². The molecular weight excluding hydrogens is 120 g/mol. The van der Waals surface area contributed by atoms with Gasteiger partial charge in [0.2, 0.25) is 0 Å². The largest absolute Gasteiger partial charge is 0.390 e. The number of rotatable bonds is 0. The van der Waals surface area contributed by atoms with Crippen LogP contribution < -0.4 is 0 Å². The molecule has 1 aliphatic heterocycles. The molecule has 9 heavy (non-hydrogen) atoms. The van der Waals surface area contributed by atoms with Gasteiger partial charge in [-0.1, -0.05) is 0 Å². The van der Waals surface area contributed by atoms with Crippen molar-refractivity contribution < 1.29 is 14.9 Å². The van der Waals surface area contributed by atoms with Gasteiger partial charge in [0.15, 0.2) is 0 Å². The van der Waals surface area contributed by atoms with Crippen molar-refractivity contribution in [1.82, 2.24) is 0 Å². The monoisotopic (exact) mass is 132 g/mol. The minimum absolute atomic E-state index is 0.214. The molecule has 0 spiro atoms. The summed E-state index contributed by atoms with van der Waals surface area (Å²) in [4.78, 5) is 0. The van der Waals surface area contributed by atoms with Crippen molar-refractivity contribution >= 4 is 0 Å². The smallest absolute Gasteiger partial charge is 0.106 e. The highest BCUT2D eigenvalue weighted by atomic mass is 16.5. The fraction of sp³-hybridized carbons (Fsp3) is 1.00. The summed E-state index contributed by atoms with van der Waals surface area (Å²) in [6.45, 7) is 2.31. The van der Waals surface area contributed by atoms with E-state index in [0.29, 0.717) is 13.0 Å². The molecule has 1 fully saturated rings. The minimum Gasteiger partial charge on any atom is -0.390 e. The SMILES string of the molecule is CC1OCCC(O)[C@@H]1O. The Morgan fingerprint density at radius 3 is 2.56 bits per heavy atom. The summed E-state index contributed by atoms with van der Waals surface area (Å²) in [7, 11) is 0.